The summed E-state index contributed by atoms with van der Waals surface area (Å²) in [5.41, 5.74) is -0.0135. The highest BCUT2D eigenvalue weighted by molar-refractivity contribution is 5.67. The first kappa shape index (κ1) is 21.5. The van der Waals surface area contributed by atoms with Gasteiger partial charge in [0.1, 0.15) is 13.2 Å². The molecular formula is C15H30N2O6. The van der Waals surface area contributed by atoms with Gasteiger partial charge in [-0.25, -0.2) is 9.59 Å². The number of aliphatic hydroxyl groups excluding tert-OH is 2. The number of alkyl carbamates (subject to hydrolysis) is 2. The fraction of sp³-hybridized carbons (Fsp3) is 0.867. The predicted octanol–water partition coefficient (Wildman–Crippen LogP) is 0.866. The third-order valence-corrected chi connectivity index (χ3v) is 3.22. The quantitative estimate of drug-likeness (QED) is 0.445. The number of carbonyl (C=O) groups excluding carboxylic acids is 2. The van der Waals surface area contributed by atoms with E-state index in [1.807, 2.05) is 6.92 Å². The summed E-state index contributed by atoms with van der Waals surface area (Å²) in [6, 6.07) is 0. The molecule has 0 heterocycles. The smallest absolute Gasteiger partial charge is 0.407 e. The number of carbonyl (C=O) groups is 2. The normalized spacial score (nSPS) is 12.4. The van der Waals surface area contributed by atoms with E-state index in [0.29, 0.717) is 13.1 Å². The zero-order valence-corrected chi connectivity index (χ0v) is 14.3. The second-order valence-corrected chi connectivity index (χ2v) is 6.25. The second-order valence-electron chi connectivity index (χ2n) is 6.25. The number of rotatable bonds is 11. The molecular weight excluding hydrogens is 304 g/mol. The van der Waals surface area contributed by atoms with Gasteiger partial charge >= 0.3 is 12.2 Å². The maximum absolute atomic E-state index is 11.3. The van der Waals surface area contributed by atoms with E-state index in [9.17, 15) is 9.59 Å². The molecule has 0 aliphatic heterocycles. The molecule has 0 aromatic carbocycles. The minimum absolute atomic E-state index is 0.00961. The van der Waals surface area contributed by atoms with Crippen LogP contribution in [0.1, 0.15) is 33.6 Å². The Balaban J connectivity index is 3.91. The van der Waals surface area contributed by atoms with Gasteiger partial charge in [0.25, 0.3) is 0 Å². The largest absolute Gasteiger partial charge is 0.447 e. The highest BCUT2D eigenvalue weighted by atomic mass is 16.6. The van der Waals surface area contributed by atoms with Gasteiger partial charge in [0.15, 0.2) is 0 Å². The Morgan fingerprint density at radius 3 is 2.09 bits per heavy atom. The molecule has 0 rings (SSSR count). The first-order valence-corrected chi connectivity index (χ1v) is 7.83. The van der Waals surface area contributed by atoms with Gasteiger partial charge in [-0.2, -0.15) is 0 Å². The average Bonchev–Trinajstić information content (AvgIpc) is 2.48. The van der Waals surface area contributed by atoms with E-state index >= 15 is 0 Å². The predicted molar refractivity (Wildman–Crippen MR) is 85.1 cm³/mol. The zero-order chi connectivity index (χ0) is 17.7. The van der Waals surface area contributed by atoms with E-state index in [1.165, 1.54) is 0 Å². The van der Waals surface area contributed by atoms with Crippen molar-refractivity contribution in [1.29, 1.82) is 0 Å². The monoisotopic (exact) mass is 334 g/mol. The molecule has 8 nitrogen and oxygen atoms in total. The molecule has 0 aliphatic carbocycles. The van der Waals surface area contributed by atoms with Gasteiger partial charge in [0, 0.05) is 13.1 Å². The summed E-state index contributed by atoms with van der Waals surface area (Å²) in [6.45, 7) is 6.78. The number of hydrogen-bond donors (Lipinski definition) is 4. The molecule has 23 heavy (non-hydrogen) atoms. The first-order chi connectivity index (χ1) is 10.8. The number of hydrogen-bond acceptors (Lipinski definition) is 6. The summed E-state index contributed by atoms with van der Waals surface area (Å²) in [5.74, 6) is 0.244. The van der Waals surface area contributed by atoms with Crippen LogP contribution in [0.5, 0.6) is 0 Å². The minimum Gasteiger partial charge on any atom is -0.447 e. The summed E-state index contributed by atoms with van der Waals surface area (Å²) in [6.07, 6.45) is 0.564. The van der Waals surface area contributed by atoms with Gasteiger partial charge in [-0.15, -0.1) is 0 Å². The lowest BCUT2D eigenvalue weighted by Crippen LogP contribution is -2.33. The van der Waals surface area contributed by atoms with Crippen molar-refractivity contribution in [3.05, 3.63) is 0 Å². The van der Waals surface area contributed by atoms with Crippen molar-refractivity contribution in [3.63, 3.8) is 0 Å². The Labute approximate surface area is 137 Å². The van der Waals surface area contributed by atoms with Crippen LogP contribution in [0.25, 0.3) is 0 Å². The minimum atomic E-state index is -0.531. The van der Waals surface area contributed by atoms with E-state index in [1.54, 1.807) is 0 Å². The number of amides is 2. The Bertz CT molecular complexity index is 349. The molecule has 0 saturated carbocycles. The Morgan fingerprint density at radius 2 is 1.57 bits per heavy atom. The molecule has 0 bridgehead atoms. The molecule has 0 radical (unpaired) electrons. The molecule has 0 aliphatic rings. The molecule has 0 aromatic heterocycles. The maximum Gasteiger partial charge on any atom is 0.407 e. The van der Waals surface area contributed by atoms with Crippen molar-refractivity contribution in [2.75, 3.05) is 39.5 Å². The highest BCUT2D eigenvalue weighted by Gasteiger charge is 2.21. The lowest BCUT2D eigenvalue weighted by Gasteiger charge is -2.28. The van der Waals surface area contributed by atoms with Gasteiger partial charge in [-0.3, -0.25) is 0 Å². The fourth-order valence-electron chi connectivity index (χ4n) is 2.26. The van der Waals surface area contributed by atoms with Gasteiger partial charge in [0.05, 0.1) is 13.2 Å². The Kier molecular flexibility index (Phi) is 11.2. The maximum atomic E-state index is 11.3. The number of nitrogens with one attached hydrogen (secondary N) is 2. The lowest BCUT2D eigenvalue weighted by atomic mass is 9.80. The van der Waals surface area contributed by atoms with Crippen LogP contribution in [0.3, 0.4) is 0 Å². The zero-order valence-electron chi connectivity index (χ0n) is 14.3. The van der Waals surface area contributed by atoms with Crippen LogP contribution in [-0.4, -0.2) is 61.9 Å². The third-order valence-electron chi connectivity index (χ3n) is 3.22. The number of aliphatic hydroxyl groups is 2. The van der Waals surface area contributed by atoms with Gasteiger partial charge in [0.2, 0.25) is 0 Å². The molecule has 4 N–H and O–H groups in total. The van der Waals surface area contributed by atoms with Crippen LogP contribution in [0.2, 0.25) is 0 Å². The van der Waals surface area contributed by atoms with Crippen LogP contribution >= 0.6 is 0 Å². The van der Waals surface area contributed by atoms with Gasteiger partial charge in [-0.1, -0.05) is 20.8 Å². The van der Waals surface area contributed by atoms with Crippen LogP contribution < -0.4 is 10.6 Å². The van der Waals surface area contributed by atoms with Crippen LogP contribution in [0.15, 0.2) is 0 Å². The van der Waals surface area contributed by atoms with Crippen molar-refractivity contribution in [3.8, 4) is 0 Å². The summed E-state index contributed by atoms with van der Waals surface area (Å²) >= 11 is 0. The Morgan fingerprint density at radius 1 is 1.04 bits per heavy atom. The van der Waals surface area contributed by atoms with Crippen LogP contribution in [0, 0.1) is 11.3 Å². The van der Waals surface area contributed by atoms with Gasteiger partial charge in [-0.05, 0) is 24.2 Å². The van der Waals surface area contributed by atoms with Crippen LogP contribution in [-0.2, 0) is 9.47 Å². The fourth-order valence-corrected chi connectivity index (χ4v) is 2.26. The average molecular weight is 334 g/mol. The van der Waals surface area contributed by atoms with Crippen molar-refractivity contribution in [2.45, 2.75) is 33.6 Å². The molecule has 2 amide bonds. The van der Waals surface area contributed by atoms with Crippen molar-refractivity contribution in [2.24, 2.45) is 11.3 Å². The van der Waals surface area contributed by atoms with Gasteiger partial charge < -0.3 is 30.3 Å². The molecule has 1 unspecified atom stereocenters. The molecule has 1 atom stereocenters. The second kappa shape index (κ2) is 12.0. The molecule has 136 valence electrons. The first-order valence-electron chi connectivity index (χ1n) is 7.83. The van der Waals surface area contributed by atoms with Crippen molar-refractivity contribution < 1.29 is 29.3 Å². The van der Waals surface area contributed by atoms with E-state index in [0.717, 1.165) is 12.8 Å². The van der Waals surface area contributed by atoms with E-state index in [4.69, 9.17) is 19.7 Å². The van der Waals surface area contributed by atoms with E-state index in [-0.39, 0.29) is 37.8 Å². The van der Waals surface area contributed by atoms with Crippen LogP contribution in [0.4, 0.5) is 9.59 Å². The SMILES string of the molecule is CC(CNC(=O)OCCO)CC(C)(C)CCNC(=O)OCCO. The van der Waals surface area contributed by atoms with E-state index in [2.05, 4.69) is 24.5 Å². The summed E-state index contributed by atoms with van der Waals surface area (Å²) in [4.78, 5) is 22.5. The molecule has 0 saturated heterocycles. The standard InChI is InChI=1S/C15H30N2O6/c1-12(11-17-14(21)23-9-7-19)10-15(2,3)4-5-16-13(20)22-8-6-18/h12,18-19H,4-11H2,1-3H3,(H,16,20)(H,17,21). The van der Waals surface area contributed by atoms with E-state index < -0.39 is 12.2 Å². The van der Waals surface area contributed by atoms with Crippen molar-refractivity contribution >= 4 is 12.2 Å². The molecule has 0 fully saturated rings. The number of ether oxygens (including phenoxy) is 2. The highest BCUT2D eigenvalue weighted by Crippen LogP contribution is 2.28. The molecule has 0 aromatic rings. The summed E-state index contributed by atoms with van der Waals surface area (Å²) in [5, 5.41) is 22.4. The summed E-state index contributed by atoms with van der Waals surface area (Å²) < 4.78 is 9.42. The Hall–Kier alpha value is -1.54. The lowest BCUT2D eigenvalue weighted by molar-refractivity contribution is 0.115. The molecule has 8 heteroatoms. The van der Waals surface area contributed by atoms with Crippen molar-refractivity contribution in [1.82, 2.24) is 10.6 Å². The summed E-state index contributed by atoms with van der Waals surface area (Å²) in [7, 11) is 0. The molecule has 0 spiro atoms. The topological polar surface area (TPSA) is 117 Å². The third kappa shape index (κ3) is 12.7.